The minimum absolute atomic E-state index is 0.0882. The highest BCUT2D eigenvalue weighted by molar-refractivity contribution is 5.91. The zero-order chi connectivity index (χ0) is 16.1. The van der Waals surface area contributed by atoms with E-state index in [0.29, 0.717) is 5.56 Å². The van der Waals surface area contributed by atoms with Crippen molar-refractivity contribution in [1.82, 2.24) is 19.9 Å². The number of carboxylic acids is 1. The van der Waals surface area contributed by atoms with Gasteiger partial charge in [-0.05, 0) is 17.7 Å². The van der Waals surface area contributed by atoms with Crippen LogP contribution in [-0.2, 0) is 11.3 Å². The lowest BCUT2D eigenvalue weighted by Crippen LogP contribution is -2.29. The summed E-state index contributed by atoms with van der Waals surface area (Å²) in [5, 5.41) is 16.2. The zero-order valence-corrected chi connectivity index (χ0v) is 11.9. The Morgan fingerprint density at radius 2 is 2.18 bits per heavy atom. The van der Waals surface area contributed by atoms with E-state index in [0.717, 1.165) is 0 Å². The molecule has 116 valence electrons. The van der Waals surface area contributed by atoms with E-state index in [1.165, 1.54) is 35.0 Å². The Bertz CT molecular complexity index is 686. The largest absolute Gasteiger partial charge is 0.481 e. The smallest absolute Gasteiger partial charge is 0.305 e. The standard InChI is InChI=1S/C14H15FN4O3/c1-18(6-5-13(20)21)14(22)12-9-19(17-16-12)8-10-3-2-4-11(15)7-10/h2-4,7,9H,5-6,8H2,1H3,(H,20,21). The first-order valence-corrected chi connectivity index (χ1v) is 6.57. The first kappa shape index (κ1) is 15.6. The molecule has 0 unspecified atom stereocenters. The van der Waals surface area contributed by atoms with Crippen LogP contribution >= 0.6 is 0 Å². The highest BCUT2D eigenvalue weighted by Crippen LogP contribution is 2.06. The van der Waals surface area contributed by atoms with E-state index in [-0.39, 0.29) is 31.0 Å². The minimum atomic E-state index is -0.977. The topological polar surface area (TPSA) is 88.3 Å². The van der Waals surface area contributed by atoms with Gasteiger partial charge >= 0.3 is 5.97 Å². The second kappa shape index (κ2) is 6.79. The van der Waals surface area contributed by atoms with E-state index >= 15 is 0 Å². The fourth-order valence-corrected chi connectivity index (χ4v) is 1.86. The van der Waals surface area contributed by atoms with E-state index in [9.17, 15) is 14.0 Å². The molecule has 1 aromatic heterocycles. The Morgan fingerprint density at radius 1 is 1.41 bits per heavy atom. The van der Waals surface area contributed by atoms with Crippen molar-refractivity contribution in [1.29, 1.82) is 0 Å². The number of carbonyl (C=O) groups is 2. The number of halogens is 1. The van der Waals surface area contributed by atoms with Gasteiger partial charge in [0.25, 0.3) is 5.91 Å². The highest BCUT2D eigenvalue weighted by atomic mass is 19.1. The molecule has 0 saturated heterocycles. The summed E-state index contributed by atoms with van der Waals surface area (Å²) >= 11 is 0. The van der Waals surface area contributed by atoms with E-state index in [1.54, 1.807) is 12.1 Å². The minimum Gasteiger partial charge on any atom is -0.481 e. The van der Waals surface area contributed by atoms with Crippen molar-refractivity contribution in [3.63, 3.8) is 0 Å². The lowest BCUT2D eigenvalue weighted by molar-refractivity contribution is -0.137. The summed E-state index contributed by atoms with van der Waals surface area (Å²) < 4.78 is 14.5. The van der Waals surface area contributed by atoms with Crippen LogP contribution in [0.15, 0.2) is 30.5 Å². The summed E-state index contributed by atoms with van der Waals surface area (Å²) in [5.41, 5.74) is 0.812. The van der Waals surface area contributed by atoms with Gasteiger partial charge in [-0.2, -0.15) is 0 Å². The molecule has 0 saturated carbocycles. The summed E-state index contributed by atoms with van der Waals surface area (Å²) in [6, 6.07) is 6.05. The van der Waals surface area contributed by atoms with Crippen molar-refractivity contribution in [2.75, 3.05) is 13.6 Å². The molecule has 0 bridgehead atoms. The Hall–Kier alpha value is -2.77. The first-order chi connectivity index (χ1) is 10.5. The van der Waals surface area contributed by atoms with Crippen LogP contribution in [0.2, 0.25) is 0 Å². The van der Waals surface area contributed by atoms with Crippen LogP contribution in [-0.4, -0.2) is 50.5 Å². The molecule has 8 heteroatoms. The second-order valence-corrected chi connectivity index (χ2v) is 4.80. The molecule has 1 N–H and O–H groups in total. The van der Waals surface area contributed by atoms with Gasteiger partial charge in [0.1, 0.15) is 5.82 Å². The maximum atomic E-state index is 13.1. The number of benzene rings is 1. The molecule has 1 amide bonds. The molecule has 22 heavy (non-hydrogen) atoms. The lowest BCUT2D eigenvalue weighted by atomic mass is 10.2. The Morgan fingerprint density at radius 3 is 2.86 bits per heavy atom. The van der Waals surface area contributed by atoms with Gasteiger partial charge in [0.2, 0.25) is 0 Å². The second-order valence-electron chi connectivity index (χ2n) is 4.80. The van der Waals surface area contributed by atoms with E-state index in [1.807, 2.05) is 0 Å². The Labute approximate surface area is 126 Å². The van der Waals surface area contributed by atoms with Gasteiger partial charge < -0.3 is 10.0 Å². The van der Waals surface area contributed by atoms with Gasteiger partial charge in [0.05, 0.1) is 19.2 Å². The molecule has 0 spiro atoms. The molecule has 0 aliphatic rings. The lowest BCUT2D eigenvalue weighted by Gasteiger charge is -2.13. The SMILES string of the molecule is CN(CCC(=O)O)C(=O)c1cn(Cc2cccc(F)c2)nn1. The third kappa shape index (κ3) is 4.11. The van der Waals surface area contributed by atoms with Crippen LogP contribution < -0.4 is 0 Å². The van der Waals surface area contributed by atoms with Crippen LogP contribution in [0.3, 0.4) is 0 Å². The first-order valence-electron chi connectivity index (χ1n) is 6.57. The molecule has 0 fully saturated rings. The average molecular weight is 306 g/mol. The number of carbonyl (C=O) groups excluding carboxylic acids is 1. The summed E-state index contributed by atoms with van der Waals surface area (Å²) in [4.78, 5) is 23.8. The number of aromatic nitrogens is 3. The number of carboxylic acid groups (broad SMARTS) is 1. The number of hydrogen-bond donors (Lipinski definition) is 1. The van der Waals surface area contributed by atoms with Gasteiger partial charge in [-0.1, -0.05) is 17.3 Å². The van der Waals surface area contributed by atoms with Crippen molar-refractivity contribution in [3.8, 4) is 0 Å². The predicted octanol–water partition coefficient (Wildman–Crippen LogP) is 1.01. The molecule has 1 heterocycles. The van der Waals surface area contributed by atoms with Crippen molar-refractivity contribution >= 4 is 11.9 Å². The summed E-state index contributed by atoms with van der Waals surface area (Å²) in [6.07, 6.45) is 1.31. The zero-order valence-electron chi connectivity index (χ0n) is 11.9. The van der Waals surface area contributed by atoms with Gasteiger partial charge in [-0.3, -0.25) is 9.59 Å². The van der Waals surface area contributed by atoms with Crippen LogP contribution in [0.1, 0.15) is 22.5 Å². The number of aliphatic carboxylic acids is 1. The van der Waals surface area contributed by atoms with Gasteiger partial charge in [0.15, 0.2) is 5.69 Å². The van der Waals surface area contributed by atoms with Crippen LogP contribution in [0.25, 0.3) is 0 Å². The molecule has 2 aromatic rings. The van der Waals surface area contributed by atoms with E-state index in [4.69, 9.17) is 5.11 Å². The molecule has 0 radical (unpaired) electrons. The predicted molar refractivity (Wildman–Crippen MR) is 74.7 cm³/mol. The van der Waals surface area contributed by atoms with E-state index < -0.39 is 11.9 Å². The fraction of sp³-hybridized carbons (Fsp3) is 0.286. The van der Waals surface area contributed by atoms with Gasteiger partial charge in [0, 0.05) is 13.6 Å². The fourth-order valence-electron chi connectivity index (χ4n) is 1.86. The maximum absolute atomic E-state index is 13.1. The highest BCUT2D eigenvalue weighted by Gasteiger charge is 2.16. The molecule has 2 rings (SSSR count). The third-order valence-corrected chi connectivity index (χ3v) is 3.00. The Balaban J connectivity index is 2.01. The van der Waals surface area contributed by atoms with Crippen molar-refractivity contribution < 1.29 is 19.1 Å². The number of nitrogens with zero attached hydrogens (tertiary/aromatic N) is 4. The van der Waals surface area contributed by atoms with Gasteiger partial charge in [-0.15, -0.1) is 5.10 Å². The Kier molecular flexibility index (Phi) is 4.82. The average Bonchev–Trinajstić information content (AvgIpc) is 2.92. The number of rotatable bonds is 6. The molecule has 1 aromatic carbocycles. The van der Waals surface area contributed by atoms with Crippen molar-refractivity contribution in [3.05, 3.63) is 47.5 Å². The van der Waals surface area contributed by atoms with Gasteiger partial charge in [-0.25, -0.2) is 9.07 Å². The van der Waals surface area contributed by atoms with E-state index in [2.05, 4.69) is 10.3 Å². The summed E-state index contributed by atoms with van der Waals surface area (Å²) in [7, 11) is 1.50. The van der Waals surface area contributed by atoms with Crippen LogP contribution in [0, 0.1) is 5.82 Å². The van der Waals surface area contributed by atoms with Crippen LogP contribution in [0.5, 0.6) is 0 Å². The van der Waals surface area contributed by atoms with Crippen LogP contribution in [0.4, 0.5) is 4.39 Å². The molecule has 7 nitrogen and oxygen atoms in total. The van der Waals surface area contributed by atoms with Crippen molar-refractivity contribution in [2.45, 2.75) is 13.0 Å². The number of amides is 1. The molecular weight excluding hydrogens is 291 g/mol. The molecular formula is C14H15FN4O3. The monoisotopic (exact) mass is 306 g/mol. The molecule has 0 aliphatic heterocycles. The maximum Gasteiger partial charge on any atom is 0.305 e. The summed E-state index contributed by atoms with van der Waals surface area (Å²) in [6.45, 7) is 0.377. The third-order valence-electron chi connectivity index (χ3n) is 3.00. The molecule has 0 aliphatic carbocycles. The normalized spacial score (nSPS) is 10.5. The summed E-state index contributed by atoms with van der Waals surface area (Å²) in [5.74, 6) is -1.73. The number of hydrogen-bond acceptors (Lipinski definition) is 4. The molecule has 0 atom stereocenters. The quantitative estimate of drug-likeness (QED) is 0.860. The van der Waals surface area contributed by atoms with Crippen molar-refractivity contribution in [2.24, 2.45) is 0 Å².